The van der Waals surface area contributed by atoms with Gasteiger partial charge >= 0.3 is 0 Å². The lowest BCUT2D eigenvalue weighted by Crippen LogP contribution is -2.56. The Hall–Kier alpha value is -1.67. The summed E-state index contributed by atoms with van der Waals surface area (Å²) in [6, 6.07) is -1.05. The Morgan fingerprint density at radius 2 is 2.05 bits per heavy atom. The van der Waals surface area contributed by atoms with Gasteiger partial charge in [-0.1, -0.05) is 0 Å². The second-order valence-electron chi connectivity index (χ2n) is 6.08. The molecule has 0 saturated carbocycles. The minimum absolute atomic E-state index is 0.0335. The summed E-state index contributed by atoms with van der Waals surface area (Å²) >= 11 is 0. The van der Waals surface area contributed by atoms with Gasteiger partial charge in [0.15, 0.2) is 0 Å². The molecule has 0 radical (unpaired) electrons. The molecule has 22 heavy (non-hydrogen) atoms. The standard InChI is InChI=1S/C14H23N3O5/c1-9(19)7-11(20)17-5-2-3-14(17)4-6-16(13(14)22)10(8-18)12(15)21/h9-10,18-19H,2-8H2,1H3,(H2,15,21)/t9-,10+,14?/m1/s1. The largest absolute Gasteiger partial charge is 0.394 e. The Bertz CT molecular complexity index is 481. The van der Waals surface area contributed by atoms with Crippen LogP contribution in [-0.4, -0.2) is 75.1 Å². The average Bonchev–Trinajstić information content (AvgIpc) is 2.98. The van der Waals surface area contributed by atoms with Crippen LogP contribution in [0.25, 0.3) is 0 Å². The molecule has 8 nitrogen and oxygen atoms in total. The topological polar surface area (TPSA) is 124 Å². The van der Waals surface area contributed by atoms with E-state index in [4.69, 9.17) is 5.73 Å². The molecule has 3 atom stereocenters. The summed E-state index contributed by atoms with van der Waals surface area (Å²) in [4.78, 5) is 39.3. The minimum atomic E-state index is -1.05. The minimum Gasteiger partial charge on any atom is -0.394 e. The normalized spacial score (nSPS) is 27.5. The second kappa shape index (κ2) is 6.21. The van der Waals surface area contributed by atoms with Gasteiger partial charge in [0.05, 0.1) is 19.1 Å². The summed E-state index contributed by atoms with van der Waals surface area (Å²) in [5.74, 6) is -1.35. The van der Waals surface area contributed by atoms with Crippen molar-refractivity contribution in [3.8, 4) is 0 Å². The number of aliphatic hydroxyl groups excluding tert-OH is 2. The van der Waals surface area contributed by atoms with Crippen LogP contribution in [0.4, 0.5) is 0 Å². The lowest BCUT2D eigenvalue weighted by atomic mass is 9.93. The molecule has 0 aromatic carbocycles. The molecule has 2 aliphatic rings. The number of hydrogen-bond donors (Lipinski definition) is 3. The fraction of sp³-hybridized carbons (Fsp3) is 0.786. The monoisotopic (exact) mass is 313 g/mol. The number of aliphatic hydroxyl groups is 2. The molecule has 2 heterocycles. The molecule has 3 amide bonds. The van der Waals surface area contributed by atoms with Crippen molar-refractivity contribution in [3.63, 3.8) is 0 Å². The van der Waals surface area contributed by atoms with Crippen molar-refractivity contribution in [2.24, 2.45) is 5.73 Å². The number of nitrogens with two attached hydrogens (primary N) is 1. The number of hydrogen-bond acceptors (Lipinski definition) is 5. The van der Waals surface area contributed by atoms with Crippen LogP contribution in [0.15, 0.2) is 0 Å². The van der Waals surface area contributed by atoms with Gasteiger partial charge in [-0.25, -0.2) is 0 Å². The molecular weight excluding hydrogens is 290 g/mol. The summed E-state index contributed by atoms with van der Waals surface area (Å²) in [7, 11) is 0. The molecule has 0 aromatic rings. The zero-order valence-electron chi connectivity index (χ0n) is 12.7. The summed E-state index contributed by atoms with van der Waals surface area (Å²) in [6.07, 6.45) is 0.847. The lowest BCUT2D eigenvalue weighted by molar-refractivity contribution is -0.150. The third kappa shape index (κ3) is 2.68. The number of rotatable bonds is 5. The van der Waals surface area contributed by atoms with Gasteiger partial charge in [0.1, 0.15) is 11.6 Å². The number of amides is 3. The van der Waals surface area contributed by atoms with Crippen molar-refractivity contribution in [2.75, 3.05) is 19.7 Å². The van der Waals surface area contributed by atoms with E-state index in [1.165, 1.54) is 16.7 Å². The van der Waals surface area contributed by atoms with Crippen molar-refractivity contribution in [1.29, 1.82) is 0 Å². The molecule has 2 rings (SSSR count). The van der Waals surface area contributed by atoms with Crippen LogP contribution >= 0.6 is 0 Å². The van der Waals surface area contributed by atoms with Gasteiger partial charge in [-0.3, -0.25) is 14.4 Å². The second-order valence-corrected chi connectivity index (χ2v) is 6.08. The summed E-state index contributed by atoms with van der Waals surface area (Å²) in [6.45, 7) is 1.74. The quantitative estimate of drug-likeness (QED) is 0.552. The SMILES string of the molecule is C[C@@H](O)CC(=O)N1CCCC12CCN([C@@H](CO)C(N)=O)C2=O. The van der Waals surface area contributed by atoms with Gasteiger partial charge in [-0.05, 0) is 26.2 Å². The Balaban J connectivity index is 2.21. The van der Waals surface area contributed by atoms with Crippen molar-refractivity contribution >= 4 is 17.7 Å². The molecular formula is C14H23N3O5. The van der Waals surface area contributed by atoms with Gasteiger partial charge in [0.2, 0.25) is 17.7 Å². The number of primary amides is 1. The molecule has 0 aromatic heterocycles. The maximum atomic E-state index is 12.8. The van der Waals surface area contributed by atoms with Gasteiger partial charge in [-0.2, -0.15) is 0 Å². The van der Waals surface area contributed by atoms with Gasteiger partial charge in [-0.15, -0.1) is 0 Å². The molecule has 2 fully saturated rings. The first-order valence-electron chi connectivity index (χ1n) is 7.53. The molecule has 0 aliphatic carbocycles. The van der Waals surface area contributed by atoms with Crippen LogP contribution in [0.5, 0.6) is 0 Å². The summed E-state index contributed by atoms with van der Waals surface area (Å²) in [5.41, 5.74) is 4.28. The van der Waals surface area contributed by atoms with Gasteiger partial charge in [0, 0.05) is 13.1 Å². The zero-order chi connectivity index (χ0) is 16.5. The molecule has 0 bridgehead atoms. The average molecular weight is 313 g/mol. The number of carbonyl (C=O) groups is 3. The highest BCUT2D eigenvalue weighted by Gasteiger charge is 2.56. The van der Waals surface area contributed by atoms with Crippen LogP contribution < -0.4 is 5.73 Å². The Kier molecular flexibility index (Phi) is 4.72. The van der Waals surface area contributed by atoms with E-state index in [2.05, 4.69) is 0 Å². The zero-order valence-corrected chi connectivity index (χ0v) is 12.7. The highest BCUT2D eigenvalue weighted by Crippen LogP contribution is 2.39. The predicted octanol–water partition coefficient (Wildman–Crippen LogP) is -1.80. The molecule has 2 saturated heterocycles. The molecule has 124 valence electrons. The first kappa shape index (κ1) is 16.7. The van der Waals surface area contributed by atoms with Crippen LogP contribution in [0.2, 0.25) is 0 Å². The van der Waals surface area contributed by atoms with E-state index in [0.717, 1.165) is 0 Å². The smallest absolute Gasteiger partial charge is 0.249 e. The third-order valence-corrected chi connectivity index (χ3v) is 4.56. The summed E-state index contributed by atoms with van der Waals surface area (Å²) in [5, 5.41) is 18.7. The molecule has 8 heteroatoms. The van der Waals surface area contributed by atoms with Gasteiger partial charge < -0.3 is 25.7 Å². The van der Waals surface area contributed by atoms with Crippen LogP contribution in [0.1, 0.15) is 32.6 Å². The van der Waals surface area contributed by atoms with E-state index in [-0.39, 0.29) is 24.8 Å². The fourth-order valence-electron chi connectivity index (χ4n) is 3.51. The predicted molar refractivity (Wildman–Crippen MR) is 76.4 cm³/mol. The van der Waals surface area contributed by atoms with E-state index in [1.807, 2.05) is 0 Å². The van der Waals surface area contributed by atoms with Crippen LogP contribution in [-0.2, 0) is 14.4 Å². The number of carbonyl (C=O) groups excluding carboxylic acids is 3. The third-order valence-electron chi connectivity index (χ3n) is 4.56. The van der Waals surface area contributed by atoms with E-state index in [9.17, 15) is 24.6 Å². The molecule has 1 unspecified atom stereocenters. The maximum absolute atomic E-state index is 12.8. The Morgan fingerprint density at radius 1 is 1.36 bits per heavy atom. The lowest BCUT2D eigenvalue weighted by Gasteiger charge is -2.34. The van der Waals surface area contributed by atoms with Crippen molar-refractivity contribution in [3.05, 3.63) is 0 Å². The Morgan fingerprint density at radius 3 is 2.59 bits per heavy atom. The molecule has 2 aliphatic heterocycles. The Labute approximate surface area is 128 Å². The molecule has 4 N–H and O–H groups in total. The van der Waals surface area contributed by atoms with Crippen LogP contribution in [0, 0.1) is 0 Å². The van der Waals surface area contributed by atoms with E-state index in [0.29, 0.717) is 25.8 Å². The fourth-order valence-corrected chi connectivity index (χ4v) is 3.51. The van der Waals surface area contributed by atoms with Crippen molar-refractivity contribution in [2.45, 2.75) is 50.3 Å². The summed E-state index contributed by atoms with van der Waals surface area (Å²) < 4.78 is 0. The number of likely N-dealkylation sites (tertiary alicyclic amines) is 2. The van der Waals surface area contributed by atoms with Crippen LogP contribution in [0.3, 0.4) is 0 Å². The first-order valence-corrected chi connectivity index (χ1v) is 7.53. The van der Waals surface area contributed by atoms with E-state index < -0.39 is 30.2 Å². The van der Waals surface area contributed by atoms with E-state index in [1.54, 1.807) is 0 Å². The van der Waals surface area contributed by atoms with Crippen molar-refractivity contribution < 1.29 is 24.6 Å². The maximum Gasteiger partial charge on any atom is 0.249 e. The van der Waals surface area contributed by atoms with Gasteiger partial charge in [0.25, 0.3) is 0 Å². The number of nitrogens with zero attached hydrogens (tertiary/aromatic N) is 2. The van der Waals surface area contributed by atoms with E-state index >= 15 is 0 Å². The highest BCUT2D eigenvalue weighted by molar-refractivity contribution is 5.96. The first-order chi connectivity index (χ1) is 10.3. The molecule has 1 spiro atoms. The van der Waals surface area contributed by atoms with Crippen molar-refractivity contribution in [1.82, 2.24) is 9.80 Å². The highest BCUT2D eigenvalue weighted by atomic mass is 16.3.